The van der Waals surface area contributed by atoms with E-state index >= 15 is 0 Å². The summed E-state index contributed by atoms with van der Waals surface area (Å²) < 4.78 is 0. The number of hydrogen-bond donors (Lipinski definition) is 3. The van der Waals surface area contributed by atoms with E-state index in [1.54, 1.807) is 0 Å². The third-order valence-corrected chi connectivity index (χ3v) is 1.98. The predicted octanol–water partition coefficient (Wildman–Crippen LogP) is -1.08. The molecular weight excluding hydrogens is 148 g/mol. The van der Waals surface area contributed by atoms with Crippen LogP contribution in [0.5, 0.6) is 0 Å². The smallest absolute Gasteiger partial charge is 0.407 e. The van der Waals surface area contributed by atoms with Crippen LogP contribution in [0.4, 0.5) is 4.79 Å². The standard InChI is InChI=1S/C6H12N2O3/c7-1-4-2-8(6(10)11)3-5(4)9/h4-5,9H,1-3,7H2,(H,10,11)/t4-,5+/m0/s1. The zero-order chi connectivity index (χ0) is 8.43. The van der Waals surface area contributed by atoms with Gasteiger partial charge in [0.2, 0.25) is 0 Å². The first-order valence-electron chi connectivity index (χ1n) is 3.51. The van der Waals surface area contributed by atoms with Crippen LogP contribution >= 0.6 is 0 Å². The fourth-order valence-electron chi connectivity index (χ4n) is 1.24. The van der Waals surface area contributed by atoms with Crippen molar-refractivity contribution in [2.24, 2.45) is 11.7 Å². The van der Waals surface area contributed by atoms with E-state index in [0.29, 0.717) is 13.1 Å². The number of carboxylic acid groups (broad SMARTS) is 1. The molecule has 0 unspecified atom stereocenters. The second-order valence-corrected chi connectivity index (χ2v) is 2.75. The molecule has 5 heteroatoms. The van der Waals surface area contributed by atoms with Crippen LogP contribution in [-0.4, -0.2) is 46.9 Å². The molecule has 64 valence electrons. The molecule has 0 aliphatic carbocycles. The fourth-order valence-corrected chi connectivity index (χ4v) is 1.24. The number of nitrogens with two attached hydrogens (primary N) is 1. The lowest BCUT2D eigenvalue weighted by molar-refractivity contribution is 0.133. The van der Waals surface area contributed by atoms with Gasteiger partial charge in [0.05, 0.1) is 12.6 Å². The minimum absolute atomic E-state index is 0.0916. The number of hydrogen-bond acceptors (Lipinski definition) is 3. The van der Waals surface area contributed by atoms with Gasteiger partial charge < -0.3 is 20.8 Å². The van der Waals surface area contributed by atoms with E-state index in [4.69, 9.17) is 10.8 Å². The Kier molecular flexibility index (Phi) is 2.31. The van der Waals surface area contributed by atoms with Gasteiger partial charge >= 0.3 is 6.09 Å². The van der Waals surface area contributed by atoms with Crippen LogP contribution in [-0.2, 0) is 0 Å². The highest BCUT2D eigenvalue weighted by Crippen LogP contribution is 2.15. The number of aliphatic hydroxyl groups is 1. The predicted molar refractivity (Wildman–Crippen MR) is 38.1 cm³/mol. The minimum Gasteiger partial charge on any atom is -0.465 e. The van der Waals surface area contributed by atoms with Crippen molar-refractivity contribution in [3.8, 4) is 0 Å². The van der Waals surface area contributed by atoms with Crippen LogP contribution in [0.3, 0.4) is 0 Å². The van der Waals surface area contributed by atoms with Gasteiger partial charge in [0, 0.05) is 12.5 Å². The third-order valence-electron chi connectivity index (χ3n) is 1.98. The summed E-state index contributed by atoms with van der Waals surface area (Å²) in [6.07, 6.45) is -1.57. The maximum absolute atomic E-state index is 10.4. The summed E-state index contributed by atoms with van der Waals surface area (Å²) in [7, 11) is 0. The molecule has 2 atom stereocenters. The van der Waals surface area contributed by atoms with E-state index in [2.05, 4.69) is 0 Å². The lowest BCUT2D eigenvalue weighted by atomic mass is 10.1. The average molecular weight is 160 g/mol. The van der Waals surface area contributed by atoms with Crippen molar-refractivity contribution in [1.82, 2.24) is 4.90 Å². The van der Waals surface area contributed by atoms with Crippen LogP contribution in [0.1, 0.15) is 0 Å². The van der Waals surface area contributed by atoms with Crippen molar-refractivity contribution in [2.45, 2.75) is 6.10 Å². The molecule has 0 saturated carbocycles. The molecule has 1 fully saturated rings. The molecule has 0 spiro atoms. The van der Waals surface area contributed by atoms with Crippen molar-refractivity contribution >= 4 is 6.09 Å². The summed E-state index contributed by atoms with van der Waals surface area (Å²) in [5, 5.41) is 17.7. The number of likely N-dealkylation sites (tertiary alicyclic amines) is 1. The highest BCUT2D eigenvalue weighted by atomic mass is 16.4. The van der Waals surface area contributed by atoms with Gasteiger partial charge in [-0.25, -0.2) is 4.79 Å². The zero-order valence-corrected chi connectivity index (χ0v) is 6.10. The van der Waals surface area contributed by atoms with Gasteiger partial charge in [0.15, 0.2) is 0 Å². The Hall–Kier alpha value is -0.810. The number of carbonyl (C=O) groups is 1. The molecular formula is C6H12N2O3. The minimum atomic E-state index is -0.986. The highest BCUT2D eigenvalue weighted by Gasteiger charge is 2.32. The van der Waals surface area contributed by atoms with Crippen molar-refractivity contribution in [3.63, 3.8) is 0 Å². The monoisotopic (exact) mass is 160 g/mol. The molecule has 1 amide bonds. The van der Waals surface area contributed by atoms with Crippen LogP contribution in [0.15, 0.2) is 0 Å². The fraction of sp³-hybridized carbons (Fsp3) is 0.833. The number of aliphatic hydroxyl groups excluding tert-OH is 1. The summed E-state index contributed by atoms with van der Waals surface area (Å²) in [5.74, 6) is -0.0916. The lowest BCUT2D eigenvalue weighted by Gasteiger charge is -2.09. The number of rotatable bonds is 1. The molecule has 1 aliphatic heterocycles. The Bertz CT molecular complexity index is 162. The second kappa shape index (κ2) is 3.06. The molecule has 0 radical (unpaired) electrons. The van der Waals surface area contributed by atoms with Gasteiger partial charge in [0.25, 0.3) is 0 Å². The van der Waals surface area contributed by atoms with Crippen LogP contribution < -0.4 is 5.73 Å². The van der Waals surface area contributed by atoms with E-state index < -0.39 is 12.2 Å². The first kappa shape index (κ1) is 8.29. The van der Waals surface area contributed by atoms with Gasteiger partial charge in [-0.1, -0.05) is 0 Å². The maximum atomic E-state index is 10.4. The van der Waals surface area contributed by atoms with Gasteiger partial charge in [-0.15, -0.1) is 0 Å². The first-order chi connectivity index (χ1) is 5.15. The third kappa shape index (κ3) is 1.61. The number of nitrogens with zero attached hydrogens (tertiary/aromatic N) is 1. The summed E-state index contributed by atoms with van der Waals surface area (Å²) in [4.78, 5) is 11.6. The van der Waals surface area contributed by atoms with Crippen LogP contribution in [0, 0.1) is 5.92 Å². The summed E-state index contributed by atoms with van der Waals surface area (Å²) in [6.45, 7) is 0.884. The summed E-state index contributed by atoms with van der Waals surface area (Å²) >= 11 is 0. The van der Waals surface area contributed by atoms with Gasteiger partial charge in [0.1, 0.15) is 0 Å². The molecule has 1 saturated heterocycles. The zero-order valence-electron chi connectivity index (χ0n) is 6.10. The quantitative estimate of drug-likeness (QED) is 0.455. The van der Waals surface area contributed by atoms with Crippen LogP contribution in [0.2, 0.25) is 0 Å². The average Bonchev–Trinajstić information content (AvgIpc) is 2.31. The van der Waals surface area contributed by atoms with Crippen molar-refractivity contribution in [3.05, 3.63) is 0 Å². The van der Waals surface area contributed by atoms with Crippen molar-refractivity contribution < 1.29 is 15.0 Å². The van der Waals surface area contributed by atoms with E-state index in [1.807, 2.05) is 0 Å². The van der Waals surface area contributed by atoms with E-state index in [1.165, 1.54) is 4.90 Å². The Morgan fingerprint density at radius 1 is 1.64 bits per heavy atom. The van der Waals surface area contributed by atoms with E-state index in [9.17, 15) is 9.90 Å². The number of β-amino-alcohol motifs (C(OH)–C–C–N with tert-alkyl or cyclic N) is 1. The van der Waals surface area contributed by atoms with Gasteiger partial charge in [-0.05, 0) is 6.54 Å². The van der Waals surface area contributed by atoms with E-state index in [0.717, 1.165) is 0 Å². The normalized spacial score (nSPS) is 30.9. The van der Waals surface area contributed by atoms with Gasteiger partial charge in [-0.2, -0.15) is 0 Å². The first-order valence-corrected chi connectivity index (χ1v) is 3.51. The van der Waals surface area contributed by atoms with Crippen molar-refractivity contribution in [1.29, 1.82) is 0 Å². The summed E-state index contributed by atoms with van der Waals surface area (Å²) in [6, 6.07) is 0. The van der Waals surface area contributed by atoms with E-state index in [-0.39, 0.29) is 12.5 Å². The highest BCUT2D eigenvalue weighted by molar-refractivity contribution is 5.65. The molecule has 11 heavy (non-hydrogen) atoms. The molecule has 1 rings (SSSR count). The Morgan fingerprint density at radius 2 is 2.27 bits per heavy atom. The topological polar surface area (TPSA) is 86.8 Å². The lowest BCUT2D eigenvalue weighted by Crippen LogP contribution is -2.27. The summed E-state index contributed by atoms with van der Waals surface area (Å²) in [5.41, 5.74) is 5.31. The Labute approximate surface area is 64.4 Å². The molecule has 1 heterocycles. The molecule has 1 aliphatic rings. The molecule has 0 aromatic carbocycles. The number of amides is 1. The largest absolute Gasteiger partial charge is 0.465 e. The Balaban J connectivity index is 2.49. The molecule has 0 aromatic heterocycles. The molecule has 0 aromatic rings. The molecule has 4 N–H and O–H groups in total. The molecule has 5 nitrogen and oxygen atoms in total. The van der Waals surface area contributed by atoms with Crippen molar-refractivity contribution in [2.75, 3.05) is 19.6 Å². The van der Waals surface area contributed by atoms with Gasteiger partial charge in [-0.3, -0.25) is 0 Å². The molecule has 0 bridgehead atoms. The Morgan fingerprint density at radius 3 is 2.55 bits per heavy atom. The SMILES string of the molecule is NC[C@H]1CN(C(=O)O)C[C@H]1O. The van der Waals surface area contributed by atoms with Crippen LogP contribution in [0.25, 0.3) is 0 Å². The second-order valence-electron chi connectivity index (χ2n) is 2.75. The maximum Gasteiger partial charge on any atom is 0.407 e.